The molecule has 1 aromatic carbocycles. The topological polar surface area (TPSA) is 92.8 Å². The number of carbonyl (C=O) groups is 1. The number of carbonyl (C=O) groups excluding carboxylic acids is 1. The lowest BCUT2D eigenvalue weighted by Gasteiger charge is -2.34. The Hall–Kier alpha value is -2.13. The lowest BCUT2D eigenvalue weighted by Crippen LogP contribution is -2.42. The highest BCUT2D eigenvalue weighted by molar-refractivity contribution is 7.89. The van der Waals surface area contributed by atoms with Crippen LogP contribution in [0.2, 0.25) is 0 Å². The van der Waals surface area contributed by atoms with E-state index in [1.807, 2.05) is 0 Å². The number of aromatic nitrogens is 1. The van der Waals surface area contributed by atoms with Gasteiger partial charge in [0.15, 0.2) is 5.58 Å². The van der Waals surface area contributed by atoms with E-state index in [1.165, 1.54) is 21.0 Å². The predicted octanol–water partition coefficient (Wildman–Crippen LogP) is 2.27. The quantitative estimate of drug-likeness (QED) is 0.735. The fraction of sp³-hybridized carbons (Fsp3) is 0.619. The highest BCUT2D eigenvalue weighted by atomic mass is 32.2. The molecular weight excluding hydrogens is 406 g/mol. The molecular formula is C21H29N3O5S. The van der Waals surface area contributed by atoms with E-state index in [0.717, 1.165) is 25.7 Å². The molecule has 0 unspecified atom stereocenters. The monoisotopic (exact) mass is 435 g/mol. The third kappa shape index (κ3) is 4.05. The fourth-order valence-electron chi connectivity index (χ4n) is 4.69. The number of likely N-dealkylation sites (tertiary alicyclic amines) is 1. The average Bonchev–Trinajstić information content (AvgIpc) is 3.02. The lowest BCUT2D eigenvalue weighted by atomic mass is 9.94. The first-order valence-corrected chi connectivity index (χ1v) is 12.1. The molecule has 164 valence electrons. The molecule has 2 aromatic rings. The van der Waals surface area contributed by atoms with Crippen molar-refractivity contribution >= 4 is 27.0 Å². The smallest absolute Gasteiger partial charge is 0.408 e. The van der Waals surface area contributed by atoms with E-state index in [9.17, 15) is 18.0 Å². The number of fused-ring (bicyclic) bond motifs is 1. The Kier molecular flexibility index (Phi) is 5.76. The number of piperidine rings is 2. The van der Waals surface area contributed by atoms with Crippen LogP contribution in [0.4, 0.5) is 0 Å². The molecule has 1 amide bonds. The Bertz CT molecular complexity index is 1090. The van der Waals surface area contributed by atoms with E-state index in [-0.39, 0.29) is 22.9 Å². The van der Waals surface area contributed by atoms with Crippen molar-refractivity contribution < 1.29 is 17.6 Å². The number of hydrogen-bond donors (Lipinski definition) is 0. The van der Waals surface area contributed by atoms with Gasteiger partial charge < -0.3 is 9.32 Å². The van der Waals surface area contributed by atoms with E-state index in [1.54, 1.807) is 11.0 Å². The molecule has 2 saturated heterocycles. The third-order valence-corrected chi connectivity index (χ3v) is 7.94. The van der Waals surface area contributed by atoms with Crippen molar-refractivity contribution in [2.75, 3.05) is 26.2 Å². The van der Waals surface area contributed by atoms with Crippen LogP contribution in [0.1, 0.15) is 39.5 Å². The standard InChI is InChI=1S/C21H29N3O5S/c1-15-10-16(2)13-23(12-15)30(27,28)17-6-7-18-19(11-17)29-21(26)24(18)14-20(25)22-8-4-3-5-9-22/h6-7,11,15-16H,3-5,8-10,12-14H2,1-2H3/t15-,16-/m0/s1. The zero-order valence-electron chi connectivity index (χ0n) is 17.5. The maximum atomic E-state index is 13.1. The second kappa shape index (κ2) is 8.19. The van der Waals surface area contributed by atoms with Gasteiger partial charge in [-0.25, -0.2) is 13.2 Å². The Labute approximate surface area is 176 Å². The molecule has 0 saturated carbocycles. The molecule has 4 rings (SSSR count). The maximum absolute atomic E-state index is 13.1. The van der Waals surface area contributed by atoms with Gasteiger partial charge in [0.2, 0.25) is 15.9 Å². The van der Waals surface area contributed by atoms with Crippen molar-refractivity contribution in [2.24, 2.45) is 11.8 Å². The molecule has 30 heavy (non-hydrogen) atoms. The van der Waals surface area contributed by atoms with Crippen LogP contribution in [0.15, 0.2) is 32.3 Å². The Morgan fingerprint density at radius 1 is 1.10 bits per heavy atom. The summed E-state index contributed by atoms with van der Waals surface area (Å²) in [6.07, 6.45) is 4.07. The molecule has 2 aliphatic heterocycles. The summed E-state index contributed by atoms with van der Waals surface area (Å²) in [7, 11) is -3.68. The van der Waals surface area contributed by atoms with Crippen molar-refractivity contribution in [2.45, 2.75) is 51.0 Å². The van der Waals surface area contributed by atoms with Crippen LogP contribution in [-0.4, -0.2) is 54.3 Å². The Morgan fingerprint density at radius 3 is 2.43 bits per heavy atom. The number of hydrogen-bond acceptors (Lipinski definition) is 5. The predicted molar refractivity (Wildman–Crippen MR) is 113 cm³/mol. The summed E-state index contributed by atoms with van der Waals surface area (Å²) in [5.41, 5.74) is 0.621. The largest absolute Gasteiger partial charge is 0.420 e. The van der Waals surface area contributed by atoms with Crippen LogP contribution < -0.4 is 5.76 Å². The van der Waals surface area contributed by atoms with Crippen molar-refractivity contribution in [3.8, 4) is 0 Å². The van der Waals surface area contributed by atoms with Crippen molar-refractivity contribution in [3.05, 3.63) is 28.7 Å². The van der Waals surface area contributed by atoms with Crippen LogP contribution in [-0.2, 0) is 21.4 Å². The summed E-state index contributed by atoms with van der Waals surface area (Å²) in [4.78, 5) is 26.8. The first kappa shape index (κ1) is 21.1. The van der Waals surface area contributed by atoms with Crippen LogP contribution in [0.5, 0.6) is 0 Å². The minimum Gasteiger partial charge on any atom is -0.408 e. The summed E-state index contributed by atoms with van der Waals surface area (Å²) < 4.78 is 34.4. The van der Waals surface area contributed by atoms with Gasteiger partial charge in [-0.2, -0.15) is 4.31 Å². The first-order chi connectivity index (χ1) is 14.3. The van der Waals surface area contributed by atoms with Gasteiger partial charge in [0.05, 0.1) is 10.4 Å². The Morgan fingerprint density at radius 2 is 1.77 bits per heavy atom. The van der Waals surface area contributed by atoms with Crippen LogP contribution in [0, 0.1) is 11.8 Å². The van der Waals surface area contributed by atoms with Gasteiger partial charge in [-0.15, -0.1) is 0 Å². The second-order valence-electron chi connectivity index (χ2n) is 8.79. The summed E-state index contributed by atoms with van der Waals surface area (Å²) in [5, 5.41) is 0. The molecule has 0 radical (unpaired) electrons. The Balaban J connectivity index is 1.61. The number of rotatable bonds is 4. The van der Waals surface area contributed by atoms with Crippen LogP contribution in [0.25, 0.3) is 11.1 Å². The van der Waals surface area contributed by atoms with E-state index < -0.39 is 15.8 Å². The molecule has 0 bridgehead atoms. The molecule has 2 aliphatic rings. The molecule has 2 fully saturated rings. The molecule has 8 nitrogen and oxygen atoms in total. The summed E-state index contributed by atoms with van der Waals surface area (Å²) in [5.74, 6) is -0.170. The van der Waals surface area contributed by atoms with E-state index in [4.69, 9.17) is 4.42 Å². The van der Waals surface area contributed by atoms with Crippen LogP contribution in [0.3, 0.4) is 0 Å². The fourth-order valence-corrected chi connectivity index (χ4v) is 6.38. The van der Waals surface area contributed by atoms with E-state index >= 15 is 0 Å². The van der Waals surface area contributed by atoms with Gasteiger partial charge >= 0.3 is 5.76 Å². The minimum atomic E-state index is -3.68. The van der Waals surface area contributed by atoms with E-state index in [0.29, 0.717) is 43.5 Å². The molecule has 2 atom stereocenters. The highest BCUT2D eigenvalue weighted by Gasteiger charge is 2.32. The molecule has 1 aromatic heterocycles. The number of benzene rings is 1. The highest BCUT2D eigenvalue weighted by Crippen LogP contribution is 2.28. The molecule has 9 heteroatoms. The number of amides is 1. The molecule has 0 aliphatic carbocycles. The normalized spacial score (nSPS) is 23.7. The third-order valence-electron chi connectivity index (χ3n) is 6.11. The first-order valence-electron chi connectivity index (χ1n) is 10.7. The summed E-state index contributed by atoms with van der Waals surface area (Å²) in [6, 6.07) is 4.46. The van der Waals surface area contributed by atoms with E-state index in [2.05, 4.69) is 13.8 Å². The number of sulfonamides is 1. The molecule has 0 N–H and O–H groups in total. The van der Waals surface area contributed by atoms with Gasteiger partial charge in [-0.05, 0) is 49.7 Å². The number of nitrogens with zero attached hydrogens (tertiary/aromatic N) is 3. The average molecular weight is 436 g/mol. The van der Waals surface area contributed by atoms with Crippen molar-refractivity contribution in [1.29, 1.82) is 0 Å². The zero-order valence-corrected chi connectivity index (χ0v) is 18.4. The van der Waals surface area contributed by atoms with Gasteiger partial charge in [0, 0.05) is 32.2 Å². The summed E-state index contributed by atoms with van der Waals surface area (Å²) in [6.45, 7) is 6.40. The SMILES string of the molecule is C[C@H]1C[C@H](C)CN(S(=O)(=O)c2ccc3c(c2)oc(=O)n3CC(=O)N2CCCCC2)C1. The minimum absolute atomic E-state index is 0.0981. The number of oxazole rings is 1. The van der Waals surface area contributed by atoms with Gasteiger partial charge in [0.25, 0.3) is 0 Å². The summed E-state index contributed by atoms with van der Waals surface area (Å²) >= 11 is 0. The van der Waals surface area contributed by atoms with Gasteiger partial charge in [-0.3, -0.25) is 9.36 Å². The van der Waals surface area contributed by atoms with Crippen LogP contribution >= 0.6 is 0 Å². The van der Waals surface area contributed by atoms with Crippen molar-refractivity contribution in [3.63, 3.8) is 0 Å². The lowest BCUT2D eigenvalue weighted by molar-refractivity contribution is -0.132. The van der Waals surface area contributed by atoms with Gasteiger partial charge in [-0.1, -0.05) is 13.8 Å². The molecule has 0 spiro atoms. The second-order valence-corrected chi connectivity index (χ2v) is 10.7. The zero-order chi connectivity index (χ0) is 21.5. The van der Waals surface area contributed by atoms with Gasteiger partial charge in [0.1, 0.15) is 6.54 Å². The maximum Gasteiger partial charge on any atom is 0.420 e. The molecule has 3 heterocycles. The van der Waals surface area contributed by atoms with Crippen molar-refractivity contribution in [1.82, 2.24) is 13.8 Å².